The summed E-state index contributed by atoms with van der Waals surface area (Å²) < 4.78 is 64.3. The zero-order chi connectivity index (χ0) is 17.3. The maximum Gasteiger partial charge on any atom is 0.573 e. The second-order valence-electron chi connectivity index (χ2n) is 5.39. The van der Waals surface area contributed by atoms with Gasteiger partial charge in [0.1, 0.15) is 10.6 Å². The fourth-order valence-electron chi connectivity index (χ4n) is 2.59. The smallest absolute Gasteiger partial charge is 0.406 e. The Balaban J connectivity index is 2.35. The third-order valence-electron chi connectivity index (χ3n) is 3.76. The number of primary sulfonamides is 1. The molecule has 0 aliphatic carbocycles. The summed E-state index contributed by atoms with van der Waals surface area (Å²) >= 11 is 0. The lowest BCUT2D eigenvalue weighted by Gasteiger charge is -2.34. The molecule has 1 aliphatic rings. The lowest BCUT2D eigenvalue weighted by Crippen LogP contribution is -2.37. The van der Waals surface area contributed by atoms with E-state index in [-0.39, 0.29) is 10.6 Å². The first-order chi connectivity index (χ1) is 10.6. The highest BCUT2D eigenvalue weighted by atomic mass is 32.2. The largest absolute Gasteiger partial charge is 0.573 e. The first-order valence-electron chi connectivity index (χ1n) is 6.98. The van der Waals surface area contributed by atoms with Crippen LogP contribution in [0.1, 0.15) is 12.8 Å². The third-order valence-corrected chi connectivity index (χ3v) is 4.72. The number of piperidine rings is 1. The predicted octanol–water partition coefficient (Wildman–Crippen LogP) is 1.41. The van der Waals surface area contributed by atoms with Crippen molar-refractivity contribution >= 4 is 15.7 Å². The molecular formula is C13H18F3N3O3S. The van der Waals surface area contributed by atoms with Gasteiger partial charge in [0.2, 0.25) is 10.0 Å². The molecule has 1 aromatic carbocycles. The van der Waals surface area contributed by atoms with Gasteiger partial charge >= 0.3 is 6.36 Å². The number of hydrogen-bond donors (Lipinski definition) is 2. The molecule has 1 fully saturated rings. The van der Waals surface area contributed by atoms with E-state index in [1.807, 2.05) is 0 Å². The van der Waals surface area contributed by atoms with Gasteiger partial charge < -0.3 is 15.4 Å². The number of nitrogens with zero attached hydrogens (tertiary/aromatic N) is 1. The molecule has 23 heavy (non-hydrogen) atoms. The molecule has 0 unspecified atom stereocenters. The molecule has 0 aromatic heterocycles. The Morgan fingerprint density at radius 2 is 1.87 bits per heavy atom. The minimum absolute atomic E-state index is 0.115. The van der Waals surface area contributed by atoms with Gasteiger partial charge in [-0.05, 0) is 37.4 Å². The van der Waals surface area contributed by atoms with Crippen LogP contribution in [0.15, 0.2) is 23.1 Å². The van der Waals surface area contributed by atoms with Crippen molar-refractivity contribution in [1.82, 2.24) is 0 Å². The van der Waals surface area contributed by atoms with Crippen LogP contribution in [0.4, 0.5) is 18.9 Å². The number of ether oxygens (including phenoxy) is 1. The predicted molar refractivity (Wildman–Crippen MR) is 78.5 cm³/mol. The van der Waals surface area contributed by atoms with Crippen molar-refractivity contribution in [2.45, 2.75) is 24.1 Å². The molecule has 130 valence electrons. The van der Waals surface area contributed by atoms with Crippen LogP contribution in [-0.4, -0.2) is 34.4 Å². The monoisotopic (exact) mass is 353 g/mol. The molecule has 4 N–H and O–H groups in total. The molecule has 1 saturated heterocycles. The van der Waals surface area contributed by atoms with Crippen LogP contribution in [0.25, 0.3) is 0 Å². The Hall–Kier alpha value is -1.52. The van der Waals surface area contributed by atoms with Crippen molar-refractivity contribution < 1.29 is 26.3 Å². The van der Waals surface area contributed by atoms with Crippen LogP contribution in [0.5, 0.6) is 5.75 Å². The molecule has 0 spiro atoms. The van der Waals surface area contributed by atoms with Crippen LogP contribution in [0.2, 0.25) is 0 Å². The van der Waals surface area contributed by atoms with Crippen molar-refractivity contribution in [2.24, 2.45) is 16.8 Å². The Labute approximate surface area is 132 Å². The normalized spacial score (nSPS) is 17.3. The summed E-state index contributed by atoms with van der Waals surface area (Å²) in [6, 6.07) is 3.01. The van der Waals surface area contributed by atoms with Crippen LogP contribution in [0.3, 0.4) is 0 Å². The van der Waals surface area contributed by atoms with Crippen molar-refractivity contribution in [3.63, 3.8) is 0 Å². The summed E-state index contributed by atoms with van der Waals surface area (Å²) in [5.41, 5.74) is 5.72. The molecule has 6 nitrogen and oxygen atoms in total. The van der Waals surface area contributed by atoms with E-state index in [0.717, 1.165) is 31.0 Å². The number of nitrogens with two attached hydrogens (primary N) is 2. The minimum Gasteiger partial charge on any atom is -0.406 e. The highest BCUT2D eigenvalue weighted by molar-refractivity contribution is 7.89. The highest BCUT2D eigenvalue weighted by Gasteiger charge is 2.32. The lowest BCUT2D eigenvalue weighted by atomic mass is 9.97. The number of alkyl halides is 3. The van der Waals surface area contributed by atoms with E-state index in [9.17, 15) is 21.6 Å². The zero-order valence-corrected chi connectivity index (χ0v) is 13.0. The van der Waals surface area contributed by atoms with Crippen LogP contribution in [-0.2, 0) is 10.0 Å². The number of benzene rings is 1. The van der Waals surface area contributed by atoms with Crippen molar-refractivity contribution in [3.05, 3.63) is 18.2 Å². The molecular weight excluding hydrogens is 335 g/mol. The summed E-state index contributed by atoms with van der Waals surface area (Å²) in [7, 11) is -4.07. The quantitative estimate of drug-likeness (QED) is 0.853. The van der Waals surface area contributed by atoms with Gasteiger partial charge in [-0.15, -0.1) is 13.2 Å². The number of hydrogen-bond acceptors (Lipinski definition) is 5. The zero-order valence-electron chi connectivity index (χ0n) is 12.2. The van der Waals surface area contributed by atoms with E-state index in [1.165, 1.54) is 0 Å². The third kappa shape index (κ3) is 4.72. The summed E-state index contributed by atoms with van der Waals surface area (Å²) in [6.07, 6.45) is -3.40. The molecule has 0 amide bonds. The van der Waals surface area contributed by atoms with E-state index in [1.54, 1.807) is 4.90 Å². The topological polar surface area (TPSA) is 98.6 Å². The summed E-state index contributed by atoms with van der Waals surface area (Å²) in [4.78, 5) is 1.47. The van der Waals surface area contributed by atoms with E-state index < -0.39 is 22.1 Å². The second kappa shape index (κ2) is 6.54. The van der Waals surface area contributed by atoms with E-state index >= 15 is 0 Å². The van der Waals surface area contributed by atoms with E-state index in [4.69, 9.17) is 10.9 Å². The Kier molecular flexibility index (Phi) is 5.07. The molecule has 1 aliphatic heterocycles. The average molecular weight is 353 g/mol. The number of anilines is 1. The molecule has 1 heterocycles. The Bertz CT molecular complexity index is 656. The first kappa shape index (κ1) is 17.8. The number of rotatable bonds is 4. The standard InChI is InChI=1S/C13H18F3N3O3S/c14-13(15,16)22-10-1-2-12(23(18,20)21)11(7-10)19-5-3-9(8-17)4-6-19/h1-2,7,9H,3-6,8,17H2,(H2,18,20,21). The molecule has 10 heteroatoms. The van der Waals surface area contributed by atoms with Crippen molar-refractivity contribution in [1.29, 1.82) is 0 Å². The van der Waals surface area contributed by atoms with Crippen molar-refractivity contribution in [2.75, 3.05) is 24.5 Å². The Morgan fingerprint density at radius 3 is 2.35 bits per heavy atom. The van der Waals surface area contributed by atoms with Gasteiger partial charge in [-0.3, -0.25) is 0 Å². The fourth-order valence-corrected chi connectivity index (χ4v) is 3.33. The summed E-state index contributed by atoms with van der Waals surface area (Å²) in [5, 5.41) is 5.16. The molecule has 1 aromatic rings. The first-order valence-corrected chi connectivity index (χ1v) is 8.52. The number of halogens is 3. The maximum absolute atomic E-state index is 12.4. The van der Waals surface area contributed by atoms with Gasteiger partial charge in [0.05, 0.1) is 5.69 Å². The summed E-state index contributed by atoms with van der Waals surface area (Å²) in [6.45, 7) is 1.49. The van der Waals surface area contributed by atoms with Crippen LogP contribution < -0.4 is 20.5 Å². The van der Waals surface area contributed by atoms with Gasteiger partial charge in [0.15, 0.2) is 0 Å². The highest BCUT2D eigenvalue weighted by Crippen LogP contribution is 2.33. The van der Waals surface area contributed by atoms with Gasteiger partial charge in [0.25, 0.3) is 0 Å². The molecule has 0 bridgehead atoms. The fraction of sp³-hybridized carbons (Fsp3) is 0.538. The van der Waals surface area contributed by atoms with Gasteiger partial charge in [-0.2, -0.15) is 0 Å². The van der Waals surface area contributed by atoms with Gasteiger partial charge in [-0.1, -0.05) is 0 Å². The molecule has 0 saturated carbocycles. The number of sulfonamides is 1. The Morgan fingerprint density at radius 1 is 1.26 bits per heavy atom. The van der Waals surface area contributed by atoms with Gasteiger partial charge in [0, 0.05) is 19.2 Å². The van der Waals surface area contributed by atoms with Crippen LogP contribution >= 0.6 is 0 Å². The maximum atomic E-state index is 12.4. The molecule has 0 radical (unpaired) electrons. The lowest BCUT2D eigenvalue weighted by molar-refractivity contribution is -0.274. The molecule has 0 atom stereocenters. The second-order valence-corrected chi connectivity index (χ2v) is 6.92. The van der Waals surface area contributed by atoms with E-state index in [0.29, 0.717) is 25.6 Å². The van der Waals surface area contributed by atoms with Gasteiger partial charge in [-0.25, -0.2) is 13.6 Å². The molecule has 2 rings (SSSR count). The average Bonchev–Trinajstić information content (AvgIpc) is 2.44. The van der Waals surface area contributed by atoms with Crippen LogP contribution in [0, 0.1) is 5.92 Å². The van der Waals surface area contributed by atoms with Crippen molar-refractivity contribution in [3.8, 4) is 5.75 Å². The van der Waals surface area contributed by atoms with E-state index in [2.05, 4.69) is 4.74 Å². The summed E-state index contributed by atoms with van der Waals surface area (Å²) in [5.74, 6) is -0.167. The SMILES string of the molecule is NCC1CCN(c2cc(OC(F)(F)F)ccc2S(N)(=O)=O)CC1. The minimum atomic E-state index is -4.85.